The summed E-state index contributed by atoms with van der Waals surface area (Å²) < 4.78 is 5.25. The molecule has 0 spiro atoms. The molecule has 2 aromatic rings. The second-order valence-corrected chi connectivity index (χ2v) is 4.75. The number of ether oxygens (including phenoxy) is 1. The Morgan fingerprint density at radius 3 is 2.68 bits per heavy atom. The van der Waals surface area contributed by atoms with Crippen molar-refractivity contribution in [2.24, 2.45) is 0 Å². The first-order valence-corrected chi connectivity index (χ1v) is 6.80. The van der Waals surface area contributed by atoms with Crippen molar-refractivity contribution in [3.8, 4) is 11.8 Å². The van der Waals surface area contributed by atoms with Gasteiger partial charge in [-0.05, 0) is 47.4 Å². The number of fused-ring (bicyclic) bond motifs is 1. The van der Waals surface area contributed by atoms with Crippen LogP contribution in [0.1, 0.15) is 37.3 Å². The van der Waals surface area contributed by atoms with Crippen LogP contribution in [-0.4, -0.2) is 7.11 Å². The summed E-state index contributed by atoms with van der Waals surface area (Å²) >= 11 is 0. The van der Waals surface area contributed by atoms with Gasteiger partial charge in [-0.25, -0.2) is 0 Å². The Hall–Kier alpha value is -2.01. The Labute approximate surface area is 114 Å². The van der Waals surface area contributed by atoms with Crippen LogP contribution in [0, 0.1) is 11.3 Å². The number of unbranched alkanes of at least 4 members (excludes halogenated alkanes) is 2. The molecule has 98 valence electrons. The lowest BCUT2D eigenvalue weighted by atomic mass is 9.95. The van der Waals surface area contributed by atoms with Crippen LogP contribution < -0.4 is 4.74 Å². The summed E-state index contributed by atoms with van der Waals surface area (Å²) in [5.74, 6) is 0.858. The molecule has 0 bridgehead atoms. The molecule has 0 aliphatic rings. The number of aryl methyl sites for hydroxylation is 1. The SMILES string of the molecule is CCCCCc1c(C#N)ccc2cc(OC)ccc12. The zero-order chi connectivity index (χ0) is 13.7. The van der Waals surface area contributed by atoms with Crippen LogP contribution in [0.4, 0.5) is 0 Å². The predicted octanol–water partition coefficient (Wildman–Crippen LogP) is 4.45. The molecule has 0 aliphatic heterocycles. The van der Waals surface area contributed by atoms with Crippen LogP contribution in [0.25, 0.3) is 10.8 Å². The first-order chi connectivity index (χ1) is 9.30. The standard InChI is InChI=1S/C17H19NO/c1-3-4-5-6-16-14(12-18)8-7-13-11-15(19-2)9-10-17(13)16/h7-11H,3-6H2,1-2H3. The molecule has 0 unspecified atom stereocenters. The van der Waals surface area contributed by atoms with Gasteiger partial charge in [0, 0.05) is 0 Å². The van der Waals surface area contributed by atoms with Crippen molar-refractivity contribution in [1.29, 1.82) is 5.26 Å². The second-order valence-electron chi connectivity index (χ2n) is 4.75. The van der Waals surface area contributed by atoms with E-state index in [9.17, 15) is 5.26 Å². The van der Waals surface area contributed by atoms with E-state index in [2.05, 4.69) is 19.1 Å². The van der Waals surface area contributed by atoms with Crippen LogP contribution in [-0.2, 0) is 6.42 Å². The lowest BCUT2D eigenvalue weighted by Crippen LogP contribution is -1.94. The molecule has 0 aliphatic carbocycles. The lowest BCUT2D eigenvalue weighted by molar-refractivity contribution is 0.415. The van der Waals surface area contributed by atoms with E-state index in [1.165, 1.54) is 23.8 Å². The maximum atomic E-state index is 9.26. The molecule has 0 atom stereocenters. The van der Waals surface area contributed by atoms with Gasteiger partial charge in [0.15, 0.2) is 0 Å². The monoisotopic (exact) mass is 253 g/mol. The van der Waals surface area contributed by atoms with E-state index in [4.69, 9.17) is 4.74 Å². The molecule has 0 radical (unpaired) electrons. The molecule has 19 heavy (non-hydrogen) atoms. The molecule has 0 saturated carbocycles. The summed E-state index contributed by atoms with van der Waals surface area (Å²) in [6.07, 6.45) is 4.51. The number of hydrogen-bond donors (Lipinski definition) is 0. The third-order valence-corrected chi connectivity index (χ3v) is 3.49. The molecule has 2 heteroatoms. The molecule has 0 amide bonds. The molecule has 0 heterocycles. The van der Waals surface area contributed by atoms with Crippen LogP contribution in [0.5, 0.6) is 5.75 Å². The van der Waals surface area contributed by atoms with Gasteiger partial charge < -0.3 is 4.74 Å². The van der Waals surface area contributed by atoms with Crippen molar-refractivity contribution in [2.45, 2.75) is 32.6 Å². The average Bonchev–Trinajstić information content (AvgIpc) is 2.46. The lowest BCUT2D eigenvalue weighted by Gasteiger charge is -2.10. The highest BCUT2D eigenvalue weighted by Gasteiger charge is 2.08. The summed E-state index contributed by atoms with van der Waals surface area (Å²) in [5.41, 5.74) is 1.98. The number of rotatable bonds is 5. The van der Waals surface area contributed by atoms with E-state index in [-0.39, 0.29) is 0 Å². The van der Waals surface area contributed by atoms with Gasteiger partial charge in [-0.15, -0.1) is 0 Å². The molecule has 2 nitrogen and oxygen atoms in total. The van der Waals surface area contributed by atoms with E-state index in [1.807, 2.05) is 24.3 Å². The van der Waals surface area contributed by atoms with Gasteiger partial charge in [0.1, 0.15) is 5.75 Å². The molecular formula is C17H19NO. The highest BCUT2D eigenvalue weighted by atomic mass is 16.5. The second kappa shape index (κ2) is 6.24. The zero-order valence-electron chi connectivity index (χ0n) is 11.6. The van der Waals surface area contributed by atoms with Gasteiger partial charge in [-0.2, -0.15) is 5.26 Å². The van der Waals surface area contributed by atoms with Crippen molar-refractivity contribution in [3.63, 3.8) is 0 Å². The minimum Gasteiger partial charge on any atom is -0.497 e. The number of methoxy groups -OCH3 is 1. The molecule has 2 aromatic carbocycles. The molecule has 0 aromatic heterocycles. The number of nitrogens with zero attached hydrogens (tertiary/aromatic N) is 1. The quantitative estimate of drug-likeness (QED) is 0.737. The Bertz CT molecular complexity index is 610. The molecule has 0 saturated heterocycles. The largest absolute Gasteiger partial charge is 0.497 e. The highest BCUT2D eigenvalue weighted by molar-refractivity contribution is 5.88. The van der Waals surface area contributed by atoms with Crippen molar-refractivity contribution in [3.05, 3.63) is 41.5 Å². The smallest absolute Gasteiger partial charge is 0.119 e. The zero-order valence-corrected chi connectivity index (χ0v) is 11.6. The van der Waals surface area contributed by atoms with E-state index in [0.29, 0.717) is 0 Å². The van der Waals surface area contributed by atoms with Gasteiger partial charge in [-0.1, -0.05) is 31.9 Å². The minimum atomic E-state index is 0.800. The third-order valence-electron chi connectivity index (χ3n) is 3.49. The first-order valence-electron chi connectivity index (χ1n) is 6.80. The van der Waals surface area contributed by atoms with E-state index in [1.54, 1.807) is 7.11 Å². The predicted molar refractivity (Wildman–Crippen MR) is 78.4 cm³/mol. The van der Waals surface area contributed by atoms with Crippen LogP contribution in [0.3, 0.4) is 0 Å². The number of nitriles is 1. The maximum Gasteiger partial charge on any atom is 0.119 e. The average molecular weight is 253 g/mol. The molecular weight excluding hydrogens is 234 g/mol. The Morgan fingerprint density at radius 1 is 1.16 bits per heavy atom. The van der Waals surface area contributed by atoms with E-state index < -0.39 is 0 Å². The highest BCUT2D eigenvalue weighted by Crippen LogP contribution is 2.27. The van der Waals surface area contributed by atoms with Gasteiger partial charge in [0.25, 0.3) is 0 Å². The summed E-state index contributed by atoms with van der Waals surface area (Å²) in [6, 6.07) is 12.3. The topological polar surface area (TPSA) is 33.0 Å². The maximum absolute atomic E-state index is 9.26. The molecule has 0 N–H and O–H groups in total. The van der Waals surface area contributed by atoms with Crippen molar-refractivity contribution in [1.82, 2.24) is 0 Å². The van der Waals surface area contributed by atoms with Crippen molar-refractivity contribution < 1.29 is 4.74 Å². The van der Waals surface area contributed by atoms with Crippen LogP contribution in [0.15, 0.2) is 30.3 Å². The van der Waals surface area contributed by atoms with Crippen molar-refractivity contribution in [2.75, 3.05) is 7.11 Å². The summed E-state index contributed by atoms with van der Waals surface area (Å²) in [6.45, 7) is 2.19. The fourth-order valence-electron chi connectivity index (χ4n) is 2.43. The van der Waals surface area contributed by atoms with Gasteiger partial charge in [-0.3, -0.25) is 0 Å². The van der Waals surface area contributed by atoms with Crippen molar-refractivity contribution >= 4 is 10.8 Å². The minimum absolute atomic E-state index is 0.800. The Morgan fingerprint density at radius 2 is 2.00 bits per heavy atom. The summed E-state index contributed by atoms with van der Waals surface area (Å²) in [7, 11) is 1.67. The van der Waals surface area contributed by atoms with E-state index >= 15 is 0 Å². The fourth-order valence-corrected chi connectivity index (χ4v) is 2.43. The van der Waals surface area contributed by atoms with Gasteiger partial charge in [0.2, 0.25) is 0 Å². The van der Waals surface area contributed by atoms with Crippen LogP contribution >= 0.6 is 0 Å². The van der Waals surface area contributed by atoms with Crippen LogP contribution in [0.2, 0.25) is 0 Å². The Balaban J connectivity index is 2.47. The normalized spacial score (nSPS) is 10.4. The molecule has 2 rings (SSSR count). The third kappa shape index (κ3) is 2.88. The summed E-state index contributed by atoms with van der Waals surface area (Å²) in [5, 5.41) is 11.6. The fraction of sp³-hybridized carbons (Fsp3) is 0.353. The van der Waals surface area contributed by atoms with Gasteiger partial charge in [0.05, 0.1) is 18.7 Å². The van der Waals surface area contributed by atoms with E-state index in [0.717, 1.165) is 29.5 Å². The molecule has 0 fully saturated rings. The first kappa shape index (κ1) is 13.4. The van der Waals surface area contributed by atoms with Gasteiger partial charge >= 0.3 is 0 Å². The Kier molecular flexibility index (Phi) is 4.41. The summed E-state index contributed by atoms with van der Waals surface area (Å²) in [4.78, 5) is 0. The number of hydrogen-bond acceptors (Lipinski definition) is 2. The number of benzene rings is 2.